The molecule has 2 fully saturated rings. The number of ether oxygens (including phenoxy) is 1. The molecule has 2 heterocycles. The highest BCUT2D eigenvalue weighted by Crippen LogP contribution is 2.39. The number of hydrogen-bond acceptors (Lipinski definition) is 3. The van der Waals surface area contributed by atoms with Gasteiger partial charge in [0.1, 0.15) is 5.82 Å². The van der Waals surface area contributed by atoms with Gasteiger partial charge in [0.15, 0.2) is 11.6 Å². The van der Waals surface area contributed by atoms with Crippen molar-refractivity contribution in [2.75, 3.05) is 19.6 Å². The number of nitrogens with one attached hydrogen (secondary N) is 1. The Bertz CT molecular complexity index is 1050. The Morgan fingerprint density at radius 2 is 1.76 bits per heavy atom. The highest BCUT2D eigenvalue weighted by molar-refractivity contribution is 5.94. The minimum absolute atomic E-state index is 0.112. The van der Waals surface area contributed by atoms with Crippen molar-refractivity contribution in [2.24, 2.45) is 0 Å². The van der Waals surface area contributed by atoms with E-state index in [1.165, 1.54) is 42.5 Å². The molecule has 33 heavy (non-hydrogen) atoms. The molecule has 2 aliphatic rings. The van der Waals surface area contributed by atoms with E-state index in [1.54, 1.807) is 4.90 Å². The van der Waals surface area contributed by atoms with Crippen LogP contribution < -0.4 is 5.32 Å². The molecule has 2 aromatic rings. The van der Waals surface area contributed by atoms with E-state index in [0.29, 0.717) is 43.6 Å². The number of hydrogen-bond donors (Lipinski definition) is 1. The van der Waals surface area contributed by atoms with Crippen LogP contribution >= 0.6 is 0 Å². The van der Waals surface area contributed by atoms with Gasteiger partial charge in [0.2, 0.25) is 5.91 Å². The van der Waals surface area contributed by atoms with E-state index in [-0.39, 0.29) is 29.3 Å². The summed E-state index contributed by atoms with van der Waals surface area (Å²) in [5, 5.41) is 2.78. The topological polar surface area (TPSA) is 58.6 Å². The molecule has 0 unspecified atom stereocenters. The lowest BCUT2D eigenvalue weighted by Crippen LogP contribution is -2.47. The fraction of sp³-hybridized carbons (Fsp3) is 0.360. The number of rotatable bonds is 5. The second-order valence-corrected chi connectivity index (χ2v) is 8.51. The van der Waals surface area contributed by atoms with Gasteiger partial charge < -0.3 is 15.0 Å². The van der Waals surface area contributed by atoms with Crippen molar-refractivity contribution >= 4 is 17.9 Å². The monoisotopic (exact) mass is 458 g/mol. The van der Waals surface area contributed by atoms with Crippen molar-refractivity contribution in [2.45, 2.75) is 37.4 Å². The van der Waals surface area contributed by atoms with Gasteiger partial charge in [0.05, 0.1) is 11.7 Å². The van der Waals surface area contributed by atoms with Gasteiger partial charge in [-0.1, -0.05) is 6.07 Å². The number of piperidine rings is 1. The smallest absolute Gasteiger partial charge is 0.253 e. The maximum absolute atomic E-state index is 13.2. The van der Waals surface area contributed by atoms with Gasteiger partial charge in [0, 0.05) is 31.3 Å². The third kappa shape index (κ3) is 5.63. The molecular formula is C25H25F3N2O3. The predicted molar refractivity (Wildman–Crippen MR) is 117 cm³/mol. The summed E-state index contributed by atoms with van der Waals surface area (Å²) in [6, 6.07) is 8.98. The number of benzene rings is 2. The average molecular weight is 458 g/mol. The van der Waals surface area contributed by atoms with Gasteiger partial charge in [-0.05, 0) is 73.7 Å². The highest BCUT2D eigenvalue weighted by atomic mass is 19.2. The normalized spacial score (nSPS) is 19.8. The van der Waals surface area contributed by atoms with Gasteiger partial charge in [-0.2, -0.15) is 0 Å². The van der Waals surface area contributed by atoms with Crippen LogP contribution in [0.3, 0.4) is 0 Å². The molecule has 0 aliphatic carbocycles. The van der Waals surface area contributed by atoms with Gasteiger partial charge in [-0.25, -0.2) is 13.2 Å². The van der Waals surface area contributed by atoms with E-state index in [4.69, 9.17) is 4.74 Å². The zero-order valence-electron chi connectivity index (χ0n) is 18.0. The SMILES string of the molecule is O=C(/C=C/c1ccc(F)c(F)c1)NC[C@@H]1CCC2(CCN(C(=O)c3ccc(F)cc3)CC2)O1. The number of carbonyl (C=O) groups excluding carboxylic acids is 2. The number of amides is 2. The van der Waals surface area contributed by atoms with Crippen LogP contribution in [0.1, 0.15) is 41.6 Å². The van der Waals surface area contributed by atoms with Crippen LogP contribution in [-0.4, -0.2) is 48.1 Å². The molecule has 1 atom stereocenters. The summed E-state index contributed by atoms with van der Waals surface area (Å²) in [5.41, 5.74) is 0.565. The molecule has 5 nitrogen and oxygen atoms in total. The van der Waals surface area contributed by atoms with Crippen molar-refractivity contribution in [3.05, 3.63) is 77.1 Å². The zero-order valence-corrected chi connectivity index (χ0v) is 18.0. The van der Waals surface area contributed by atoms with Crippen molar-refractivity contribution in [3.63, 3.8) is 0 Å². The number of likely N-dealkylation sites (tertiary alicyclic amines) is 1. The second-order valence-electron chi connectivity index (χ2n) is 8.51. The van der Waals surface area contributed by atoms with E-state index in [2.05, 4.69) is 5.32 Å². The molecular weight excluding hydrogens is 433 g/mol. The molecule has 0 bridgehead atoms. The predicted octanol–water partition coefficient (Wildman–Crippen LogP) is 4.09. The molecule has 8 heteroatoms. The molecule has 1 N–H and O–H groups in total. The van der Waals surface area contributed by atoms with Crippen LogP contribution in [0.2, 0.25) is 0 Å². The van der Waals surface area contributed by atoms with Crippen LogP contribution in [0.5, 0.6) is 0 Å². The Hall–Kier alpha value is -3.13. The lowest BCUT2D eigenvalue weighted by Gasteiger charge is -2.39. The summed E-state index contributed by atoms with van der Waals surface area (Å²) in [6.45, 7) is 1.47. The number of halogens is 3. The van der Waals surface area contributed by atoms with Crippen LogP contribution in [0.25, 0.3) is 6.08 Å². The maximum Gasteiger partial charge on any atom is 0.253 e. The first-order valence-corrected chi connectivity index (χ1v) is 11.0. The van der Waals surface area contributed by atoms with Crippen LogP contribution in [0.15, 0.2) is 48.5 Å². The van der Waals surface area contributed by atoms with Gasteiger partial charge in [-0.15, -0.1) is 0 Å². The maximum atomic E-state index is 13.2. The van der Waals surface area contributed by atoms with Crippen LogP contribution in [0, 0.1) is 17.5 Å². The first kappa shape index (κ1) is 23.0. The molecule has 0 aromatic heterocycles. The molecule has 0 radical (unpaired) electrons. The van der Waals surface area contributed by atoms with Gasteiger partial charge in [-0.3, -0.25) is 9.59 Å². The van der Waals surface area contributed by atoms with Crippen molar-refractivity contribution in [3.8, 4) is 0 Å². The minimum Gasteiger partial charge on any atom is -0.370 e. The van der Waals surface area contributed by atoms with Crippen molar-refractivity contribution in [1.82, 2.24) is 10.2 Å². The molecule has 174 valence electrons. The summed E-state index contributed by atoms with van der Waals surface area (Å²) >= 11 is 0. The zero-order chi connectivity index (χ0) is 23.4. The molecule has 4 rings (SSSR count). The van der Waals surface area contributed by atoms with Crippen LogP contribution in [0.4, 0.5) is 13.2 Å². The summed E-state index contributed by atoms with van der Waals surface area (Å²) in [7, 11) is 0. The quantitative estimate of drug-likeness (QED) is 0.687. The Labute approximate surface area is 190 Å². The number of carbonyl (C=O) groups is 2. The second kappa shape index (κ2) is 9.79. The number of nitrogens with zero attached hydrogens (tertiary/aromatic N) is 1. The van der Waals surface area contributed by atoms with Gasteiger partial charge >= 0.3 is 0 Å². The molecule has 0 saturated carbocycles. The van der Waals surface area contributed by atoms with Crippen LogP contribution in [-0.2, 0) is 9.53 Å². The average Bonchev–Trinajstić information content (AvgIpc) is 3.21. The molecule has 2 saturated heterocycles. The summed E-state index contributed by atoms with van der Waals surface area (Å²) < 4.78 is 45.6. The molecule has 1 spiro atoms. The van der Waals surface area contributed by atoms with E-state index >= 15 is 0 Å². The fourth-order valence-corrected chi connectivity index (χ4v) is 4.36. The Morgan fingerprint density at radius 1 is 1.03 bits per heavy atom. The van der Waals surface area contributed by atoms with Crippen molar-refractivity contribution < 1.29 is 27.5 Å². The molecule has 2 amide bonds. The summed E-state index contributed by atoms with van der Waals surface area (Å²) in [5.74, 6) is -2.73. The Balaban J connectivity index is 1.23. The lowest BCUT2D eigenvalue weighted by molar-refractivity contribution is -0.118. The van der Waals surface area contributed by atoms with Gasteiger partial charge in [0.25, 0.3) is 5.91 Å². The fourth-order valence-electron chi connectivity index (χ4n) is 4.36. The van der Waals surface area contributed by atoms with E-state index in [9.17, 15) is 22.8 Å². The highest BCUT2D eigenvalue weighted by Gasteiger charge is 2.43. The molecule has 2 aromatic carbocycles. The third-order valence-corrected chi connectivity index (χ3v) is 6.27. The lowest BCUT2D eigenvalue weighted by atomic mass is 9.88. The minimum atomic E-state index is -0.965. The largest absolute Gasteiger partial charge is 0.370 e. The van der Waals surface area contributed by atoms with E-state index in [1.807, 2.05) is 0 Å². The molecule has 2 aliphatic heterocycles. The van der Waals surface area contributed by atoms with E-state index < -0.39 is 11.6 Å². The third-order valence-electron chi connectivity index (χ3n) is 6.27. The summed E-state index contributed by atoms with van der Waals surface area (Å²) in [4.78, 5) is 26.5. The van der Waals surface area contributed by atoms with Crippen molar-refractivity contribution in [1.29, 1.82) is 0 Å². The first-order chi connectivity index (χ1) is 15.8. The summed E-state index contributed by atoms with van der Waals surface area (Å²) in [6.07, 6.45) is 5.65. The first-order valence-electron chi connectivity index (χ1n) is 11.0. The Morgan fingerprint density at radius 3 is 2.45 bits per heavy atom. The van der Waals surface area contributed by atoms with E-state index in [0.717, 1.165) is 25.0 Å². The standard InChI is InChI=1S/C25H25F3N2O3/c26-19-5-3-18(4-6-19)24(32)30-13-11-25(12-14-30)10-9-20(33-25)16-29-23(31)8-2-17-1-7-21(27)22(28)15-17/h1-8,15,20H,9-14,16H2,(H,29,31)/b8-2+/t20-/m0/s1. The Kier molecular flexibility index (Phi) is 6.83.